The molecule has 0 fully saturated rings. The van der Waals surface area contributed by atoms with E-state index in [0.717, 1.165) is 0 Å². The molecule has 0 saturated heterocycles. The van der Waals surface area contributed by atoms with E-state index in [2.05, 4.69) is 20.8 Å². The normalized spacial score (nSPS) is 10.0. The van der Waals surface area contributed by atoms with Gasteiger partial charge in [-0.3, -0.25) is 0 Å². The van der Waals surface area contributed by atoms with Crippen molar-refractivity contribution in [2.45, 2.75) is 59.3 Å². The van der Waals surface area contributed by atoms with Crippen molar-refractivity contribution in [3.8, 4) is 4.97 Å². The van der Waals surface area contributed by atoms with Crippen LogP contribution in [0.5, 0.6) is 0 Å². The van der Waals surface area contributed by atoms with Gasteiger partial charge in [-0.15, -0.1) is 7.92 Å². The molecule has 0 aliphatic carbocycles. The van der Waals surface area contributed by atoms with Crippen molar-refractivity contribution in [1.82, 2.24) is 0 Å². The van der Waals surface area contributed by atoms with Gasteiger partial charge < -0.3 is 0 Å². The molecule has 1 aromatic carbocycles. The average Bonchev–Trinajstić information content (AvgIpc) is 2.62. The summed E-state index contributed by atoms with van der Waals surface area (Å²) < 4.78 is 0.525. The molecule has 0 amide bonds. The van der Waals surface area contributed by atoms with Gasteiger partial charge in [-0.2, -0.15) is 0 Å². The van der Waals surface area contributed by atoms with Crippen molar-refractivity contribution in [1.29, 1.82) is 5.26 Å². The number of benzene rings is 1. The van der Waals surface area contributed by atoms with Gasteiger partial charge in [0.2, 0.25) is 0 Å². The van der Waals surface area contributed by atoms with Gasteiger partial charge in [0, 0.05) is 0 Å². The van der Waals surface area contributed by atoms with Crippen LogP contribution in [0.3, 0.4) is 0 Å². The molecule has 0 spiro atoms. The van der Waals surface area contributed by atoms with Gasteiger partial charge in [-0.25, -0.2) is 0 Å². The third-order valence-electron chi connectivity index (χ3n) is 3.70. The first kappa shape index (κ1) is 24.1. The van der Waals surface area contributed by atoms with Crippen LogP contribution in [-0.2, 0) is 0 Å². The molecule has 0 unspecified atom stereocenters. The van der Waals surface area contributed by atoms with Gasteiger partial charge in [0.15, 0.2) is 0 Å². The van der Waals surface area contributed by atoms with Crippen molar-refractivity contribution in [3.63, 3.8) is 0 Å². The zero-order valence-corrected chi connectivity index (χ0v) is 18.3. The summed E-state index contributed by atoms with van der Waals surface area (Å²) >= 11 is -0.455. The zero-order chi connectivity index (χ0) is 18.9. The number of hydrogen-bond donors (Lipinski definition) is 0. The van der Waals surface area contributed by atoms with Crippen LogP contribution >= 0.6 is 7.92 Å². The first-order valence-electron chi connectivity index (χ1n) is 9.12. The van der Waals surface area contributed by atoms with E-state index >= 15 is 0 Å². The number of nitro groups is 1. The van der Waals surface area contributed by atoms with E-state index in [4.69, 9.17) is 5.26 Å². The van der Waals surface area contributed by atoms with E-state index in [1.54, 1.807) is 36.7 Å². The van der Waals surface area contributed by atoms with E-state index < -0.39 is 19.9 Å². The molecule has 1 rings (SSSR count). The van der Waals surface area contributed by atoms with E-state index in [1.165, 1.54) is 44.6 Å². The molecule has 0 heterocycles. The third kappa shape index (κ3) is 12.1. The number of hydrogen-bond acceptors (Lipinski definition) is 3. The summed E-state index contributed by atoms with van der Waals surface area (Å²) in [7, 11) is 0.422. The number of para-hydroxylation sites is 1. The molecule has 0 aliphatic rings. The molecule has 0 aromatic heterocycles. The summed E-state index contributed by atoms with van der Waals surface area (Å²) in [4.78, 5) is 11.9. The summed E-state index contributed by atoms with van der Waals surface area (Å²) in [5.74, 6) is 0. The molecule has 140 valence electrons. The van der Waals surface area contributed by atoms with E-state index in [1.807, 2.05) is 4.97 Å². The van der Waals surface area contributed by atoms with Gasteiger partial charge in [-0.1, -0.05) is 40.0 Å². The molecule has 0 radical (unpaired) electrons. The van der Waals surface area contributed by atoms with E-state index in [0.29, 0.717) is 12.4 Å². The number of nitrogens with zero attached hydrogens (tertiary/aromatic N) is 2. The fraction of sp³-hybridized carbons (Fsp3) is 0.632. The van der Waals surface area contributed by atoms with Gasteiger partial charge in [0.05, 0.1) is 0 Å². The second-order valence-electron chi connectivity index (χ2n) is 5.82. The van der Waals surface area contributed by atoms with Crippen molar-refractivity contribution in [3.05, 3.63) is 34.4 Å². The SMILES string of the molecule is CCCCP(CCCC)CCCC.N#C[Se]c1ccccc1[N+](=O)[O-]. The zero-order valence-electron chi connectivity index (χ0n) is 15.7. The number of unbranched alkanes of at least 4 members (excludes halogenated alkanes) is 3. The molecule has 0 aliphatic heterocycles. The van der Waals surface area contributed by atoms with Gasteiger partial charge in [-0.05, 0) is 37.7 Å². The molecule has 0 saturated carbocycles. The van der Waals surface area contributed by atoms with Crippen LogP contribution in [0.1, 0.15) is 59.3 Å². The van der Waals surface area contributed by atoms with Crippen LogP contribution in [0.25, 0.3) is 0 Å². The van der Waals surface area contributed by atoms with Crippen LogP contribution in [0.4, 0.5) is 5.69 Å². The van der Waals surface area contributed by atoms with Crippen molar-refractivity contribution in [2.24, 2.45) is 0 Å². The quantitative estimate of drug-likeness (QED) is 0.208. The first-order chi connectivity index (χ1) is 12.1. The molecule has 0 atom stereocenters. The molecule has 4 nitrogen and oxygen atoms in total. The van der Waals surface area contributed by atoms with Gasteiger partial charge in [0.1, 0.15) is 0 Å². The average molecular weight is 429 g/mol. The summed E-state index contributed by atoms with van der Waals surface area (Å²) in [6.07, 6.45) is 13.2. The Labute approximate surface area is 160 Å². The maximum atomic E-state index is 10.4. The van der Waals surface area contributed by atoms with Gasteiger partial charge >= 0.3 is 74.6 Å². The molecule has 0 N–H and O–H groups in total. The Balaban J connectivity index is 0.000000462. The third-order valence-corrected chi connectivity index (χ3v) is 7.92. The fourth-order valence-electron chi connectivity index (χ4n) is 2.22. The number of rotatable bonds is 11. The standard InChI is InChI=1S/C12H27P.C7H4N2O2Se/c1-4-7-10-13(11-8-5-2)12-9-6-3;8-5-12-7-4-2-1-3-6(7)9(10)11/h4-12H2,1-3H3;1-4H. The Morgan fingerprint density at radius 3 is 1.92 bits per heavy atom. The fourth-order valence-corrected chi connectivity index (χ4v) is 6.22. The van der Waals surface area contributed by atoms with Crippen LogP contribution in [0.2, 0.25) is 0 Å². The second kappa shape index (κ2) is 16.5. The maximum absolute atomic E-state index is 10.4. The predicted octanol–water partition coefficient (Wildman–Crippen LogP) is 5.27. The second-order valence-corrected chi connectivity index (χ2v) is 10.2. The Morgan fingerprint density at radius 1 is 1.04 bits per heavy atom. The van der Waals surface area contributed by atoms with E-state index in [-0.39, 0.29) is 5.69 Å². The predicted molar refractivity (Wildman–Crippen MR) is 110 cm³/mol. The molecular formula is C19H31N2O2PSe. The van der Waals surface area contributed by atoms with Crippen LogP contribution < -0.4 is 4.46 Å². The molecule has 0 bridgehead atoms. The monoisotopic (exact) mass is 430 g/mol. The molecule has 25 heavy (non-hydrogen) atoms. The van der Waals surface area contributed by atoms with Crippen molar-refractivity contribution in [2.75, 3.05) is 18.5 Å². The molecule has 6 heteroatoms. The van der Waals surface area contributed by atoms with Crippen LogP contribution in [-0.4, -0.2) is 38.4 Å². The minimum atomic E-state index is -0.464. The topological polar surface area (TPSA) is 66.9 Å². The molecule has 1 aromatic rings. The summed E-state index contributed by atoms with van der Waals surface area (Å²) in [5, 5.41) is 18.8. The Kier molecular flexibility index (Phi) is 15.9. The van der Waals surface area contributed by atoms with Crippen LogP contribution in [0.15, 0.2) is 24.3 Å². The number of nitro benzene ring substituents is 1. The molecular weight excluding hydrogens is 398 g/mol. The minimum absolute atomic E-state index is 0.0408. The van der Waals surface area contributed by atoms with E-state index in [9.17, 15) is 10.1 Å². The Hall–Kier alpha value is -0.941. The van der Waals surface area contributed by atoms with Crippen molar-refractivity contribution < 1.29 is 4.92 Å². The van der Waals surface area contributed by atoms with Crippen molar-refractivity contribution >= 4 is 33.0 Å². The number of nitriles is 1. The summed E-state index contributed by atoms with van der Waals surface area (Å²) in [5.41, 5.74) is 0.0408. The Bertz CT molecular complexity index is 501. The van der Waals surface area contributed by atoms with Crippen LogP contribution in [0, 0.1) is 20.3 Å². The van der Waals surface area contributed by atoms with Gasteiger partial charge in [0.25, 0.3) is 0 Å². The Morgan fingerprint density at radius 2 is 1.52 bits per heavy atom. The summed E-state index contributed by atoms with van der Waals surface area (Å²) in [6, 6.07) is 6.31. The first-order valence-corrected chi connectivity index (χ1v) is 12.7. The summed E-state index contributed by atoms with van der Waals surface area (Å²) in [6.45, 7) is 6.94.